The van der Waals surface area contributed by atoms with E-state index >= 15 is 9.59 Å². The van der Waals surface area contributed by atoms with Crippen molar-refractivity contribution < 1.29 is 19.1 Å². The quantitative estimate of drug-likeness (QED) is 0.178. The van der Waals surface area contributed by atoms with Crippen LogP contribution in [0.3, 0.4) is 0 Å². The van der Waals surface area contributed by atoms with Crippen LogP contribution < -0.4 is 0 Å². The first kappa shape index (κ1) is 31.9. The Morgan fingerprint density at radius 2 is 1.33 bits per heavy atom. The molecule has 4 heteroatoms. The van der Waals surface area contributed by atoms with Crippen molar-refractivity contribution in [3.63, 3.8) is 0 Å². The lowest BCUT2D eigenvalue weighted by Gasteiger charge is -2.63. The third kappa shape index (κ3) is 4.99. The molecule has 1 heterocycles. The summed E-state index contributed by atoms with van der Waals surface area (Å²) in [5.41, 5.74) is 0.0524. The normalized spacial score (nSPS) is 29.2. The van der Waals surface area contributed by atoms with Crippen LogP contribution in [-0.4, -0.2) is 23.0 Å². The first-order valence-corrected chi connectivity index (χ1v) is 15.5. The van der Waals surface area contributed by atoms with Gasteiger partial charge in [-0.2, -0.15) is 0 Å². The number of rotatable bonds is 8. The summed E-state index contributed by atoms with van der Waals surface area (Å²) in [7, 11) is 0. The largest absolute Gasteiger partial charge is 0.490 e. The predicted molar refractivity (Wildman–Crippen MR) is 170 cm³/mol. The second-order valence-electron chi connectivity index (χ2n) is 14.7. The molecule has 2 bridgehead atoms. The fourth-order valence-corrected chi connectivity index (χ4v) is 7.67. The Kier molecular flexibility index (Phi) is 8.54. The first-order valence-electron chi connectivity index (χ1n) is 15.5. The van der Waals surface area contributed by atoms with E-state index in [0.29, 0.717) is 42.6 Å². The van der Waals surface area contributed by atoms with E-state index in [9.17, 15) is 4.79 Å². The fraction of sp³-hybridized carbons (Fsp3) is 0.553. The summed E-state index contributed by atoms with van der Waals surface area (Å²) in [5.74, 6) is -0.481. The maximum atomic E-state index is 15.4. The van der Waals surface area contributed by atoms with Gasteiger partial charge < -0.3 is 4.74 Å². The average Bonchev–Trinajstić information content (AvgIpc) is 2.90. The molecule has 226 valence electrons. The highest BCUT2D eigenvalue weighted by molar-refractivity contribution is 6.36. The first-order chi connectivity index (χ1) is 19.5. The summed E-state index contributed by atoms with van der Waals surface area (Å²) < 4.78 is 6.91. The van der Waals surface area contributed by atoms with Crippen LogP contribution in [0.5, 0.6) is 0 Å². The number of hydrogen-bond donors (Lipinski definition) is 0. The van der Waals surface area contributed by atoms with Crippen molar-refractivity contribution in [3.05, 3.63) is 82.2 Å². The molecule has 1 saturated heterocycles. The van der Waals surface area contributed by atoms with Gasteiger partial charge in [0, 0.05) is 17.1 Å². The van der Waals surface area contributed by atoms with Crippen LogP contribution in [0.2, 0.25) is 0 Å². The van der Waals surface area contributed by atoms with Gasteiger partial charge in [0.25, 0.3) is 0 Å². The fourth-order valence-electron chi connectivity index (χ4n) is 7.67. The molecule has 0 amide bonds. The molecule has 0 aromatic heterocycles. The van der Waals surface area contributed by atoms with Crippen molar-refractivity contribution in [1.82, 2.24) is 0 Å². The van der Waals surface area contributed by atoms with Crippen LogP contribution in [0.4, 0.5) is 0 Å². The summed E-state index contributed by atoms with van der Waals surface area (Å²) in [6.07, 6.45) is 9.39. The molecular formula is C38H50O4. The number of ether oxygens (including phenoxy) is 1. The monoisotopic (exact) mass is 570 g/mol. The molecular weight excluding hydrogens is 520 g/mol. The highest BCUT2D eigenvalue weighted by Crippen LogP contribution is 2.69. The van der Waals surface area contributed by atoms with E-state index in [0.717, 1.165) is 12.0 Å². The Hall–Kier alpha value is -3.01. The number of Topliss-reactive ketones (excluding diaryl/α,β-unsaturated/α-hetero) is 3. The number of ketones is 3. The molecule has 2 aliphatic carbocycles. The predicted octanol–water partition coefficient (Wildman–Crippen LogP) is 9.18. The molecule has 0 N–H and O–H groups in total. The third-order valence-corrected chi connectivity index (χ3v) is 10.3. The zero-order valence-electron chi connectivity index (χ0n) is 27.4. The van der Waals surface area contributed by atoms with Crippen LogP contribution >= 0.6 is 0 Å². The topological polar surface area (TPSA) is 60.4 Å². The molecule has 4 nitrogen and oxygen atoms in total. The maximum absolute atomic E-state index is 15.4. The number of carbonyl (C=O) groups excluding carboxylic acids is 3. The van der Waals surface area contributed by atoms with Gasteiger partial charge in [-0.15, -0.1) is 0 Å². The lowest BCUT2D eigenvalue weighted by Crippen LogP contribution is -2.71. The van der Waals surface area contributed by atoms with Crippen molar-refractivity contribution in [2.45, 2.75) is 107 Å². The van der Waals surface area contributed by atoms with Crippen LogP contribution in [0.1, 0.15) is 112 Å². The molecule has 4 rings (SSSR count). The van der Waals surface area contributed by atoms with Crippen molar-refractivity contribution >= 4 is 17.3 Å². The second-order valence-corrected chi connectivity index (χ2v) is 14.7. The minimum atomic E-state index is -1.83. The van der Waals surface area contributed by atoms with Crippen molar-refractivity contribution in [2.75, 3.05) is 0 Å². The molecule has 1 aliphatic heterocycles. The Morgan fingerprint density at radius 1 is 0.810 bits per heavy atom. The van der Waals surface area contributed by atoms with Crippen molar-refractivity contribution in [3.8, 4) is 0 Å². The van der Waals surface area contributed by atoms with Gasteiger partial charge in [-0.05, 0) is 98.8 Å². The van der Waals surface area contributed by atoms with Crippen LogP contribution in [-0.2, 0) is 14.3 Å². The van der Waals surface area contributed by atoms with Gasteiger partial charge in [-0.3, -0.25) is 14.4 Å². The standard InChI is InChI=1S/C38H50O4/c1-24(2)16-19-28-22-37-23-29(20-17-25(3)4)36(9,10)42-33(37)30(21-18-26(5)6)32(40)38(34(37)41,35(28,7)8)31(39)27-14-12-11-13-15-27/h11-18,28-29H,19-23H2,1-10H3. The Morgan fingerprint density at radius 3 is 1.88 bits per heavy atom. The van der Waals surface area contributed by atoms with Crippen molar-refractivity contribution in [2.24, 2.45) is 28.1 Å². The minimum absolute atomic E-state index is 0.0489. The number of hydrogen-bond acceptors (Lipinski definition) is 4. The van der Waals surface area contributed by atoms with Gasteiger partial charge in [-0.1, -0.05) is 79.1 Å². The summed E-state index contributed by atoms with van der Waals surface area (Å²) in [5, 5.41) is 0. The van der Waals surface area contributed by atoms with E-state index in [2.05, 4.69) is 53.7 Å². The van der Waals surface area contributed by atoms with Gasteiger partial charge in [0.1, 0.15) is 11.4 Å². The summed E-state index contributed by atoms with van der Waals surface area (Å²) >= 11 is 0. The summed E-state index contributed by atoms with van der Waals surface area (Å²) in [6, 6.07) is 8.95. The minimum Gasteiger partial charge on any atom is -0.490 e. The molecule has 3 aliphatic rings. The zero-order valence-corrected chi connectivity index (χ0v) is 27.4. The van der Waals surface area contributed by atoms with Gasteiger partial charge in [0.2, 0.25) is 0 Å². The smallest absolute Gasteiger partial charge is 0.184 e. The van der Waals surface area contributed by atoms with Gasteiger partial charge >= 0.3 is 0 Å². The molecule has 1 spiro atoms. The summed E-state index contributed by atoms with van der Waals surface area (Å²) in [6.45, 7) is 20.4. The third-order valence-electron chi connectivity index (χ3n) is 10.3. The maximum Gasteiger partial charge on any atom is 0.184 e. The lowest BCUT2D eigenvalue weighted by atomic mass is 9.38. The van der Waals surface area contributed by atoms with Crippen molar-refractivity contribution in [1.29, 1.82) is 0 Å². The molecule has 4 atom stereocenters. The highest BCUT2D eigenvalue weighted by atomic mass is 16.5. The van der Waals surface area contributed by atoms with Gasteiger partial charge in [0.15, 0.2) is 22.8 Å². The lowest BCUT2D eigenvalue weighted by molar-refractivity contribution is -0.182. The van der Waals surface area contributed by atoms with E-state index < -0.39 is 21.8 Å². The van der Waals surface area contributed by atoms with E-state index in [-0.39, 0.29) is 29.2 Å². The number of carbonyl (C=O) groups is 3. The number of benzene rings is 1. The van der Waals surface area contributed by atoms with Crippen LogP contribution in [0.15, 0.2) is 76.6 Å². The molecule has 4 unspecified atom stereocenters. The molecule has 2 fully saturated rings. The van der Waals surface area contributed by atoms with Crippen LogP contribution in [0, 0.1) is 28.1 Å². The molecule has 42 heavy (non-hydrogen) atoms. The van der Waals surface area contributed by atoms with E-state index in [4.69, 9.17) is 4.74 Å². The van der Waals surface area contributed by atoms with E-state index in [1.807, 2.05) is 39.8 Å². The average molecular weight is 571 g/mol. The summed E-state index contributed by atoms with van der Waals surface area (Å²) in [4.78, 5) is 45.4. The Balaban J connectivity index is 2.09. The number of allylic oxidation sites excluding steroid dienone is 8. The van der Waals surface area contributed by atoms with E-state index in [1.54, 1.807) is 24.3 Å². The zero-order chi connectivity index (χ0) is 31.3. The SMILES string of the molecule is CC(C)=CCC1=C2OC(C)(C)C(CC=C(C)C)CC23CC(CC=C(C)C)C(C)(C)C(C(=O)c2ccccc2)(C1=O)C3=O. The molecule has 1 saturated carbocycles. The van der Waals surface area contributed by atoms with E-state index in [1.165, 1.54) is 11.1 Å². The molecule has 0 radical (unpaired) electrons. The Bertz CT molecular complexity index is 1380. The van der Waals surface area contributed by atoms with Gasteiger partial charge in [0.05, 0.1) is 5.41 Å². The highest BCUT2D eigenvalue weighted by Gasteiger charge is 2.76. The number of fused-ring (bicyclic) bond motifs is 1. The molecule has 1 aromatic rings. The second kappa shape index (κ2) is 11.2. The van der Waals surface area contributed by atoms with Gasteiger partial charge in [-0.25, -0.2) is 0 Å². The van der Waals surface area contributed by atoms with Crippen LogP contribution in [0.25, 0.3) is 0 Å². The Labute approximate surface area is 253 Å². The molecule has 1 aromatic carbocycles.